The van der Waals surface area contributed by atoms with Crippen molar-refractivity contribution in [1.82, 2.24) is 10.2 Å². The van der Waals surface area contributed by atoms with Crippen molar-refractivity contribution in [1.29, 1.82) is 0 Å². The van der Waals surface area contributed by atoms with E-state index in [-0.39, 0.29) is 17.9 Å². The lowest BCUT2D eigenvalue weighted by Gasteiger charge is -2.34. The number of halogens is 3. The standard InChI is InChI=1S/C23H19F3O4S.C12H24N2O2.3C2H6/c1-15-7-12-19-21(13-15)29-14-20(16-5-3-2-4-6-16)22(19)17-8-10-18(11-9-17)30-31(27,28)23(24,25)26;1-12(2,3)16-11(15)14(4)9-10-5-7-13-8-6-10;3*1-2/h2-13,20,22H,14H2,1H3;10,13H,5-9H2,1-4H3;3*1-2H3/t20-,22-;;;;/m1..../s1. The Hall–Kier alpha value is -3.77. The number of ether oxygens (including phenoxy) is 2. The minimum absolute atomic E-state index is 0.0258. The summed E-state index contributed by atoms with van der Waals surface area (Å²) in [4.78, 5) is 13.4. The molecule has 0 bridgehead atoms. The zero-order chi connectivity index (χ0) is 40.4. The molecule has 8 nitrogen and oxygen atoms in total. The summed E-state index contributed by atoms with van der Waals surface area (Å²) in [5, 5.41) is 3.32. The zero-order valence-corrected chi connectivity index (χ0v) is 34.2. The first-order chi connectivity index (χ1) is 25.0. The Morgan fingerprint density at radius 3 is 1.96 bits per heavy atom. The van der Waals surface area contributed by atoms with E-state index in [4.69, 9.17) is 9.47 Å². The number of hydrogen-bond donors (Lipinski definition) is 1. The average molecular weight is 767 g/mol. The number of carbonyl (C=O) groups excluding carboxylic acids is 1. The molecule has 2 atom stereocenters. The van der Waals surface area contributed by atoms with Gasteiger partial charge in [0.15, 0.2) is 0 Å². The van der Waals surface area contributed by atoms with Crippen LogP contribution in [0.3, 0.4) is 0 Å². The second-order valence-electron chi connectivity index (χ2n) is 13.0. The van der Waals surface area contributed by atoms with E-state index in [0.29, 0.717) is 12.5 Å². The number of aryl methyl sites for hydroxylation is 1. The molecular weight excluding hydrogens is 706 g/mol. The number of rotatable bonds is 6. The molecule has 2 aliphatic heterocycles. The molecule has 0 radical (unpaired) electrons. The third-order valence-electron chi connectivity index (χ3n) is 7.98. The minimum atomic E-state index is -5.72. The molecule has 12 heteroatoms. The lowest BCUT2D eigenvalue weighted by molar-refractivity contribution is -0.0500. The van der Waals surface area contributed by atoms with Crippen molar-refractivity contribution >= 4 is 16.2 Å². The summed E-state index contributed by atoms with van der Waals surface area (Å²) in [6, 6.07) is 21.4. The highest BCUT2D eigenvalue weighted by Crippen LogP contribution is 2.46. The van der Waals surface area contributed by atoms with Gasteiger partial charge < -0.3 is 23.9 Å². The molecule has 1 N–H and O–H groups in total. The van der Waals surface area contributed by atoms with E-state index in [0.717, 1.165) is 60.5 Å². The van der Waals surface area contributed by atoms with Crippen molar-refractivity contribution in [2.75, 3.05) is 33.3 Å². The van der Waals surface area contributed by atoms with Gasteiger partial charge in [0.05, 0.1) is 6.61 Å². The van der Waals surface area contributed by atoms with E-state index in [1.165, 1.54) is 12.1 Å². The Bertz CT molecular complexity index is 1590. The maximum Gasteiger partial charge on any atom is 0.534 e. The first-order valence-electron chi connectivity index (χ1n) is 18.6. The van der Waals surface area contributed by atoms with E-state index in [1.807, 2.05) is 125 Å². The fourth-order valence-electron chi connectivity index (χ4n) is 5.69. The molecule has 1 fully saturated rings. The number of carbonyl (C=O) groups is 1. The van der Waals surface area contributed by atoms with Gasteiger partial charge in [0.1, 0.15) is 17.1 Å². The van der Waals surface area contributed by atoms with Gasteiger partial charge in [0.25, 0.3) is 0 Å². The van der Waals surface area contributed by atoms with Crippen LogP contribution in [-0.4, -0.2) is 63.8 Å². The third kappa shape index (κ3) is 14.9. The van der Waals surface area contributed by atoms with Crippen LogP contribution < -0.4 is 14.2 Å². The molecule has 53 heavy (non-hydrogen) atoms. The van der Waals surface area contributed by atoms with Crippen LogP contribution in [0.5, 0.6) is 11.5 Å². The Kier molecular flexibility index (Phi) is 20.0. The van der Waals surface area contributed by atoms with Crippen LogP contribution in [0.1, 0.15) is 109 Å². The third-order valence-corrected chi connectivity index (χ3v) is 8.96. The van der Waals surface area contributed by atoms with Crippen LogP contribution in [-0.2, 0) is 14.9 Å². The van der Waals surface area contributed by atoms with Crippen molar-refractivity contribution in [3.63, 3.8) is 0 Å². The number of alkyl halides is 3. The second kappa shape index (κ2) is 22.4. The van der Waals surface area contributed by atoms with Crippen molar-refractivity contribution in [3.8, 4) is 11.5 Å². The summed E-state index contributed by atoms with van der Waals surface area (Å²) < 4.78 is 75.9. The minimum Gasteiger partial charge on any atom is -0.493 e. The quantitative estimate of drug-likeness (QED) is 0.197. The molecule has 0 saturated carbocycles. The van der Waals surface area contributed by atoms with E-state index in [2.05, 4.69) is 9.50 Å². The predicted molar refractivity (Wildman–Crippen MR) is 208 cm³/mol. The van der Waals surface area contributed by atoms with E-state index >= 15 is 0 Å². The van der Waals surface area contributed by atoms with Gasteiger partial charge in [-0.15, -0.1) is 0 Å². The number of hydrogen-bond acceptors (Lipinski definition) is 7. The van der Waals surface area contributed by atoms with Crippen LogP contribution in [0.15, 0.2) is 72.8 Å². The summed E-state index contributed by atoms with van der Waals surface area (Å²) in [5.74, 6) is 0.826. The Morgan fingerprint density at radius 1 is 0.868 bits per heavy atom. The SMILES string of the molecule is CC.CC.CC.CN(CC1CCNCC1)C(=O)OC(C)(C)C.Cc1ccc2c(c1)OC[C@H](c1ccccc1)[C@@H]2c1ccc(OS(=O)(=O)C(F)(F)F)cc1. The first kappa shape index (κ1) is 47.3. The van der Waals surface area contributed by atoms with Crippen LogP contribution in [0.4, 0.5) is 18.0 Å². The molecule has 0 spiro atoms. The number of nitrogens with one attached hydrogen (secondary N) is 1. The van der Waals surface area contributed by atoms with Gasteiger partial charge in [-0.2, -0.15) is 21.6 Å². The van der Waals surface area contributed by atoms with Gasteiger partial charge in [-0.25, -0.2) is 4.79 Å². The van der Waals surface area contributed by atoms with Crippen molar-refractivity contribution in [2.24, 2.45) is 5.92 Å². The summed E-state index contributed by atoms with van der Waals surface area (Å²) in [5.41, 5.74) is -1.99. The molecule has 0 aliphatic carbocycles. The predicted octanol–water partition coefficient (Wildman–Crippen LogP) is 10.5. The summed E-state index contributed by atoms with van der Waals surface area (Å²) in [7, 11) is -3.90. The highest BCUT2D eigenvalue weighted by Gasteiger charge is 2.48. The van der Waals surface area contributed by atoms with Crippen LogP contribution in [0, 0.1) is 12.8 Å². The van der Waals surface area contributed by atoms with Gasteiger partial charge in [-0.1, -0.05) is 96.1 Å². The average Bonchev–Trinajstić information content (AvgIpc) is 3.14. The molecule has 2 heterocycles. The molecule has 3 aromatic rings. The maximum atomic E-state index is 12.6. The highest BCUT2D eigenvalue weighted by atomic mass is 32.2. The van der Waals surface area contributed by atoms with Crippen LogP contribution >= 0.6 is 0 Å². The van der Waals surface area contributed by atoms with Gasteiger partial charge in [-0.3, -0.25) is 0 Å². The van der Waals surface area contributed by atoms with Gasteiger partial charge >= 0.3 is 21.7 Å². The molecule has 0 aromatic heterocycles. The Balaban J connectivity index is 0.000000540. The van der Waals surface area contributed by atoms with E-state index in [1.54, 1.807) is 17.0 Å². The fourth-order valence-corrected chi connectivity index (χ4v) is 6.15. The molecular formula is C41H61F3N2O6S. The monoisotopic (exact) mass is 766 g/mol. The molecule has 0 unspecified atom stereocenters. The normalized spacial score (nSPS) is 16.8. The Labute approximate surface area is 316 Å². The molecule has 3 aromatic carbocycles. The molecule has 298 valence electrons. The first-order valence-corrected chi connectivity index (χ1v) is 20.0. The van der Waals surface area contributed by atoms with Crippen molar-refractivity contribution in [3.05, 3.63) is 95.1 Å². The van der Waals surface area contributed by atoms with Gasteiger partial charge in [0.2, 0.25) is 0 Å². The lowest BCUT2D eigenvalue weighted by atomic mass is 9.76. The number of amides is 1. The number of benzene rings is 3. The molecule has 2 aliphatic rings. The van der Waals surface area contributed by atoms with Gasteiger partial charge in [0, 0.05) is 31.0 Å². The second-order valence-corrected chi connectivity index (χ2v) is 14.5. The smallest absolute Gasteiger partial charge is 0.493 e. The molecule has 5 rings (SSSR count). The zero-order valence-electron chi connectivity index (χ0n) is 33.3. The van der Waals surface area contributed by atoms with Crippen molar-refractivity contribution in [2.45, 2.75) is 105 Å². The largest absolute Gasteiger partial charge is 0.534 e. The van der Waals surface area contributed by atoms with Crippen molar-refractivity contribution < 1.29 is 40.0 Å². The fraction of sp³-hybridized carbons (Fsp3) is 0.537. The number of nitrogens with zero attached hydrogens (tertiary/aromatic N) is 1. The Morgan fingerprint density at radius 2 is 1.43 bits per heavy atom. The summed E-state index contributed by atoms with van der Waals surface area (Å²) >= 11 is 0. The van der Waals surface area contributed by atoms with E-state index in [9.17, 15) is 26.4 Å². The maximum absolute atomic E-state index is 12.6. The van der Waals surface area contributed by atoms with Gasteiger partial charge in [-0.05, 0) is 94.4 Å². The topological polar surface area (TPSA) is 94.2 Å². The summed E-state index contributed by atoms with van der Waals surface area (Å²) in [6.45, 7) is 23.0. The van der Waals surface area contributed by atoms with Crippen LogP contribution in [0.2, 0.25) is 0 Å². The summed E-state index contributed by atoms with van der Waals surface area (Å²) in [6.07, 6.45) is 2.08. The van der Waals surface area contributed by atoms with E-state index < -0.39 is 27.0 Å². The highest BCUT2D eigenvalue weighted by molar-refractivity contribution is 7.88. The van der Waals surface area contributed by atoms with Crippen LogP contribution in [0.25, 0.3) is 0 Å². The number of piperidine rings is 1. The lowest BCUT2D eigenvalue weighted by Crippen LogP contribution is -2.39. The molecule has 1 amide bonds. The number of fused-ring (bicyclic) bond motifs is 1. The molecule has 1 saturated heterocycles.